The standard InChI is InChI=1S/C9H5FN2/c10-8-2-1-6(5-11)7-3-4-12-9(7)8/h1-4,12H. The van der Waals surface area contributed by atoms with E-state index in [1.165, 1.54) is 12.1 Å². The van der Waals surface area contributed by atoms with E-state index in [1.54, 1.807) is 12.3 Å². The maximum absolute atomic E-state index is 13.0. The van der Waals surface area contributed by atoms with Gasteiger partial charge in [-0.2, -0.15) is 5.26 Å². The van der Waals surface area contributed by atoms with Gasteiger partial charge in [0.25, 0.3) is 0 Å². The van der Waals surface area contributed by atoms with Crippen LogP contribution in [0.25, 0.3) is 10.9 Å². The maximum Gasteiger partial charge on any atom is 0.147 e. The van der Waals surface area contributed by atoms with Crippen LogP contribution in [0.4, 0.5) is 4.39 Å². The van der Waals surface area contributed by atoms with Crippen LogP contribution in [0.1, 0.15) is 5.56 Å². The molecule has 0 spiro atoms. The summed E-state index contributed by atoms with van der Waals surface area (Å²) in [4.78, 5) is 2.74. The van der Waals surface area contributed by atoms with Crippen LogP contribution in [0.15, 0.2) is 24.4 Å². The number of fused-ring (bicyclic) bond motifs is 1. The highest BCUT2D eigenvalue weighted by atomic mass is 19.1. The SMILES string of the molecule is N#Cc1ccc(F)c2[nH]ccc12. The Hall–Kier alpha value is -1.82. The van der Waals surface area contributed by atoms with Gasteiger partial charge in [0.2, 0.25) is 0 Å². The van der Waals surface area contributed by atoms with Crippen molar-refractivity contribution in [2.75, 3.05) is 0 Å². The van der Waals surface area contributed by atoms with E-state index in [0.717, 1.165) is 0 Å². The number of aromatic nitrogens is 1. The highest BCUT2D eigenvalue weighted by molar-refractivity contribution is 5.85. The van der Waals surface area contributed by atoms with E-state index in [-0.39, 0.29) is 5.82 Å². The van der Waals surface area contributed by atoms with E-state index in [9.17, 15) is 4.39 Å². The average Bonchev–Trinajstić information content (AvgIpc) is 2.54. The van der Waals surface area contributed by atoms with Crippen molar-refractivity contribution < 1.29 is 4.39 Å². The van der Waals surface area contributed by atoms with E-state index < -0.39 is 0 Å². The Balaban J connectivity index is 2.94. The van der Waals surface area contributed by atoms with E-state index in [1.807, 2.05) is 6.07 Å². The molecule has 1 heterocycles. The van der Waals surface area contributed by atoms with Crippen molar-refractivity contribution >= 4 is 10.9 Å². The van der Waals surface area contributed by atoms with Gasteiger partial charge in [0.15, 0.2) is 0 Å². The summed E-state index contributed by atoms with van der Waals surface area (Å²) in [6.07, 6.45) is 1.62. The van der Waals surface area contributed by atoms with Crippen LogP contribution in [-0.4, -0.2) is 4.98 Å². The second kappa shape index (κ2) is 2.35. The van der Waals surface area contributed by atoms with E-state index in [2.05, 4.69) is 4.98 Å². The predicted molar refractivity (Wildman–Crippen MR) is 43.0 cm³/mol. The minimum atomic E-state index is -0.325. The molecule has 1 aromatic carbocycles. The first kappa shape index (κ1) is 6.86. The summed E-state index contributed by atoms with van der Waals surface area (Å²) in [5.41, 5.74) is 0.890. The summed E-state index contributed by atoms with van der Waals surface area (Å²) in [6.45, 7) is 0. The Morgan fingerprint density at radius 2 is 2.17 bits per heavy atom. The molecular weight excluding hydrogens is 155 g/mol. The quantitative estimate of drug-likeness (QED) is 0.630. The molecule has 2 aromatic rings. The van der Waals surface area contributed by atoms with Crippen LogP contribution >= 0.6 is 0 Å². The number of nitriles is 1. The minimum Gasteiger partial charge on any atom is -0.359 e. The average molecular weight is 160 g/mol. The largest absolute Gasteiger partial charge is 0.359 e. The number of hydrogen-bond acceptors (Lipinski definition) is 1. The zero-order valence-corrected chi connectivity index (χ0v) is 6.13. The number of H-pyrrole nitrogens is 1. The molecule has 0 bridgehead atoms. The van der Waals surface area contributed by atoms with Gasteiger partial charge in [0.05, 0.1) is 17.1 Å². The summed E-state index contributed by atoms with van der Waals surface area (Å²) in [5.74, 6) is -0.325. The fraction of sp³-hybridized carbons (Fsp3) is 0. The van der Waals surface area contributed by atoms with E-state index in [4.69, 9.17) is 5.26 Å². The first-order valence-corrected chi connectivity index (χ1v) is 3.48. The first-order chi connectivity index (χ1) is 5.83. The Morgan fingerprint density at radius 3 is 2.92 bits per heavy atom. The molecule has 1 aromatic heterocycles. The van der Waals surface area contributed by atoms with Crippen molar-refractivity contribution in [3.63, 3.8) is 0 Å². The molecule has 0 amide bonds. The lowest BCUT2D eigenvalue weighted by Gasteiger charge is -1.93. The number of rotatable bonds is 0. The Morgan fingerprint density at radius 1 is 1.33 bits per heavy atom. The van der Waals surface area contributed by atoms with Gasteiger partial charge in [-0.15, -0.1) is 0 Å². The van der Waals surface area contributed by atoms with Crippen molar-refractivity contribution in [1.29, 1.82) is 5.26 Å². The minimum absolute atomic E-state index is 0.325. The van der Waals surface area contributed by atoms with Crippen LogP contribution in [0.3, 0.4) is 0 Å². The maximum atomic E-state index is 13.0. The number of halogens is 1. The lowest BCUT2D eigenvalue weighted by atomic mass is 10.1. The topological polar surface area (TPSA) is 39.6 Å². The molecule has 3 heteroatoms. The molecule has 0 aliphatic carbocycles. The van der Waals surface area contributed by atoms with Gasteiger partial charge >= 0.3 is 0 Å². The van der Waals surface area contributed by atoms with Gasteiger partial charge in [-0.25, -0.2) is 4.39 Å². The van der Waals surface area contributed by atoms with Crippen LogP contribution in [0.2, 0.25) is 0 Å². The third kappa shape index (κ3) is 0.785. The van der Waals surface area contributed by atoms with Gasteiger partial charge in [-0.1, -0.05) is 0 Å². The third-order valence-corrected chi connectivity index (χ3v) is 1.79. The van der Waals surface area contributed by atoms with Crippen LogP contribution in [0, 0.1) is 17.1 Å². The number of benzene rings is 1. The van der Waals surface area contributed by atoms with Crippen LogP contribution < -0.4 is 0 Å². The molecule has 0 saturated carbocycles. The van der Waals surface area contributed by atoms with E-state index in [0.29, 0.717) is 16.5 Å². The second-order valence-electron chi connectivity index (χ2n) is 2.47. The first-order valence-electron chi connectivity index (χ1n) is 3.48. The fourth-order valence-corrected chi connectivity index (χ4v) is 1.22. The molecule has 1 N–H and O–H groups in total. The molecule has 0 aliphatic rings. The lowest BCUT2D eigenvalue weighted by Crippen LogP contribution is -1.80. The third-order valence-electron chi connectivity index (χ3n) is 1.79. The molecule has 58 valence electrons. The van der Waals surface area contributed by atoms with Crippen LogP contribution in [-0.2, 0) is 0 Å². The van der Waals surface area contributed by atoms with Crippen molar-refractivity contribution in [2.45, 2.75) is 0 Å². The summed E-state index contributed by atoms with van der Waals surface area (Å²) < 4.78 is 13.0. The molecule has 0 fully saturated rings. The molecule has 2 rings (SSSR count). The normalized spacial score (nSPS) is 10.0. The Kier molecular flexibility index (Phi) is 1.34. The summed E-state index contributed by atoms with van der Waals surface area (Å²) in [7, 11) is 0. The Bertz CT molecular complexity index is 465. The predicted octanol–water partition coefficient (Wildman–Crippen LogP) is 2.18. The van der Waals surface area contributed by atoms with Crippen molar-refractivity contribution in [1.82, 2.24) is 4.98 Å². The highest BCUT2D eigenvalue weighted by Crippen LogP contribution is 2.19. The van der Waals surface area contributed by atoms with Crippen molar-refractivity contribution in [2.24, 2.45) is 0 Å². The molecule has 12 heavy (non-hydrogen) atoms. The van der Waals surface area contributed by atoms with Crippen molar-refractivity contribution in [3.05, 3.63) is 35.8 Å². The molecule has 0 saturated heterocycles. The van der Waals surface area contributed by atoms with Gasteiger partial charge in [0, 0.05) is 11.6 Å². The number of hydrogen-bond donors (Lipinski definition) is 1. The van der Waals surface area contributed by atoms with Gasteiger partial charge in [-0.05, 0) is 18.2 Å². The number of nitrogens with one attached hydrogen (secondary N) is 1. The lowest BCUT2D eigenvalue weighted by molar-refractivity contribution is 0.637. The van der Waals surface area contributed by atoms with Crippen molar-refractivity contribution in [3.8, 4) is 6.07 Å². The number of aromatic amines is 1. The fourth-order valence-electron chi connectivity index (χ4n) is 1.22. The molecular formula is C9H5FN2. The summed E-state index contributed by atoms with van der Waals surface area (Å²) >= 11 is 0. The summed E-state index contributed by atoms with van der Waals surface area (Å²) in [5, 5.41) is 9.30. The second-order valence-corrected chi connectivity index (χ2v) is 2.47. The van der Waals surface area contributed by atoms with Crippen LogP contribution in [0.5, 0.6) is 0 Å². The number of nitrogens with zero attached hydrogens (tertiary/aromatic N) is 1. The van der Waals surface area contributed by atoms with Gasteiger partial charge in [-0.3, -0.25) is 0 Å². The zero-order valence-electron chi connectivity index (χ0n) is 6.13. The van der Waals surface area contributed by atoms with Gasteiger partial charge in [0.1, 0.15) is 5.82 Å². The molecule has 0 radical (unpaired) electrons. The highest BCUT2D eigenvalue weighted by Gasteiger charge is 2.04. The smallest absolute Gasteiger partial charge is 0.147 e. The van der Waals surface area contributed by atoms with Gasteiger partial charge < -0.3 is 4.98 Å². The molecule has 0 atom stereocenters. The van der Waals surface area contributed by atoms with E-state index >= 15 is 0 Å². The molecule has 0 unspecified atom stereocenters. The molecule has 2 nitrogen and oxygen atoms in total. The zero-order chi connectivity index (χ0) is 8.55. The summed E-state index contributed by atoms with van der Waals surface area (Å²) in [6, 6.07) is 6.45. The Labute approximate surface area is 68.2 Å². The molecule has 0 aliphatic heterocycles. The monoisotopic (exact) mass is 160 g/mol.